The SMILES string of the molecule is O=c1cc(-c2ccccc2)cc2n1CCc1ccccc1-2. The van der Waals surface area contributed by atoms with E-state index >= 15 is 0 Å². The minimum absolute atomic E-state index is 0.0841. The molecule has 0 saturated heterocycles. The molecule has 0 amide bonds. The number of pyridine rings is 1. The first-order valence-electron chi connectivity index (χ1n) is 7.21. The van der Waals surface area contributed by atoms with Crippen molar-refractivity contribution in [2.75, 3.05) is 0 Å². The van der Waals surface area contributed by atoms with E-state index in [0.717, 1.165) is 29.8 Å². The summed E-state index contributed by atoms with van der Waals surface area (Å²) in [6, 6.07) is 22.3. The lowest BCUT2D eigenvalue weighted by molar-refractivity contribution is 0.659. The average molecular weight is 273 g/mol. The highest BCUT2D eigenvalue weighted by Crippen LogP contribution is 2.30. The van der Waals surface area contributed by atoms with Crippen molar-refractivity contribution in [1.29, 1.82) is 0 Å². The molecule has 0 saturated carbocycles. The quantitative estimate of drug-likeness (QED) is 0.662. The summed E-state index contributed by atoms with van der Waals surface area (Å²) in [5.74, 6) is 0. The lowest BCUT2D eigenvalue weighted by atomic mass is 9.95. The Morgan fingerprint density at radius 2 is 1.57 bits per heavy atom. The fraction of sp³-hybridized carbons (Fsp3) is 0.105. The minimum Gasteiger partial charge on any atom is -0.308 e. The van der Waals surface area contributed by atoms with Gasteiger partial charge in [0.25, 0.3) is 5.56 Å². The third kappa shape index (κ3) is 2.00. The molecule has 3 aromatic rings. The van der Waals surface area contributed by atoms with Crippen molar-refractivity contribution in [1.82, 2.24) is 4.57 Å². The molecule has 2 heterocycles. The molecule has 2 heteroatoms. The average Bonchev–Trinajstić information content (AvgIpc) is 2.55. The maximum absolute atomic E-state index is 12.4. The second-order valence-corrected chi connectivity index (χ2v) is 5.39. The Morgan fingerprint density at radius 1 is 0.810 bits per heavy atom. The van der Waals surface area contributed by atoms with Gasteiger partial charge in [-0.05, 0) is 29.2 Å². The highest BCUT2D eigenvalue weighted by Gasteiger charge is 2.17. The summed E-state index contributed by atoms with van der Waals surface area (Å²) in [5.41, 5.74) is 5.69. The van der Waals surface area contributed by atoms with Gasteiger partial charge in [0.15, 0.2) is 0 Å². The van der Waals surface area contributed by atoms with Crippen molar-refractivity contribution in [2.24, 2.45) is 0 Å². The predicted molar refractivity (Wildman–Crippen MR) is 85.3 cm³/mol. The lowest BCUT2D eigenvalue weighted by Gasteiger charge is -2.22. The first-order valence-corrected chi connectivity index (χ1v) is 7.21. The molecule has 0 atom stereocenters. The van der Waals surface area contributed by atoms with E-state index < -0.39 is 0 Å². The summed E-state index contributed by atoms with van der Waals surface area (Å²) < 4.78 is 1.88. The molecule has 102 valence electrons. The number of hydrogen-bond donors (Lipinski definition) is 0. The molecular formula is C19H15NO. The van der Waals surface area contributed by atoms with E-state index in [1.54, 1.807) is 6.07 Å². The van der Waals surface area contributed by atoms with Crippen molar-refractivity contribution in [3.63, 3.8) is 0 Å². The van der Waals surface area contributed by atoms with E-state index in [1.165, 1.54) is 11.1 Å². The van der Waals surface area contributed by atoms with Gasteiger partial charge in [0.05, 0.1) is 5.69 Å². The van der Waals surface area contributed by atoms with Gasteiger partial charge >= 0.3 is 0 Å². The molecule has 0 bridgehead atoms. The van der Waals surface area contributed by atoms with Gasteiger partial charge in [-0.15, -0.1) is 0 Å². The van der Waals surface area contributed by atoms with Crippen LogP contribution in [-0.4, -0.2) is 4.57 Å². The van der Waals surface area contributed by atoms with Gasteiger partial charge in [-0.1, -0.05) is 54.6 Å². The lowest BCUT2D eigenvalue weighted by Crippen LogP contribution is -2.25. The van der Waals surface area contributed by atoms with Crippen molar-refractivity contribution >= 4 is 0 Å². The Morgan fingerprint density at radius 3 is 2.43 bits per heavy atom. The molecule has 0 spiro atoms. The van der Waals surface area contributed by atoms with Crippen molar-refractivity contribution in [2.45, 2.75) is 13.0 Å². The van der Waals surface area contributed by atoms with E-state index in [-0.39, 0.29) is 5.56 Å². The second kappa shape index (κ2) is 4.74. The molecule has 2 aromatic carbocycles. The number of nitrogens with zero attached hydrogens (tertiary/aromatic N) is 1. The molecule has 0 unspecified atom stereocenters. The summed E-state index contributed by atoms with van der Waals surface area (Å²) in [7, 11) is 0. The molecule has 21 heavy (non-hydrogen) atoms. The minimum atomic E-state index is 0.0841. The van der Waals surface area contributed by atoms with Gasteiger partial charge in [-0.3, -0.25) is 4.79 Å². The third-order valence-electron chi connectivity index (χ3n) is 4.13. The van der Waals surface area contributed by atoms with E-state index in [2.05, 4.69) is 24.3 Å². The summed E-state index contributed by atoms with van der Waals surface area (Å²) in [6.07, 6.45) is 0.924. The number of benzene rings is 2. The molecule has 2 nitrogen and oxygen atoms in total. The molecular weight excluding hydrogens is 258 g/mol. The third-order valence-corrected chi connectivity index (χ3v) is 4.13. The van der Waals surface area contributed by atoms with Crippen LogP contribution in [0.3, 0.4) is 0 Å². The van der Waals surface area contributed by atoms with E-state index in [4.69, 9.17) is 0 Å². The molecule has 0 N–H and O–H groups in total. The first kappa shape index (κ1) is 12.2. The van der Waals surface area contributed by atoms with E-state index in [9.17, 15) is 4.79 Å². The highest BCUT2D eigenvalue weighted by atomic mass is 16.1. The number of aromatic nitrogens is 1. The molecule has 0 aliphatic carbocycles. The largest absolute Gasteiger partial charge is 0.308 e. The molecule has 1 aliphatic heterocycles. The fourth-order valence-electron chi connectivity index (χ4n) is 3.07. The van der Waals surface area contributed by atoms with E-state index in [1.807, 2.05) is 41.0 Å². The van der Waals surface area contributed by atoms with Gasteiger partial charge in [0, 0.05) is 18.2 Å². The van der Waals surface area contributed by atoms with Gasteiger partial charge in [0.1, 0.15) is 0 Å². The molecule has 1 aliphatic rings. The van der Waals surface area contributed by atoms with Crippen LogP contribution in [0.5, 0.6) is 0 Å². The van der Waals surface area contributed by atoms with Gasteiger partial charge in [-0.2, -0.15) is 0 Å². The Bertz CT molecular complexity index is 862. The number of rotatable bonds is 1. The van der Waals surface area contributed by atoms with Gasteiger partial charge in [-0.25, -0.2) is 0 Å². The van der Waals surface area contributed by atoms with Crippen molar-refractivity contribution in [3.8, 4) is 22.4 Å². The number of fused-ring (bicyclic) bond motifs is 3. The zero-order valence-corrected chi connectivity index (χ0v) is 11.6. The summed E-state index contributed by atoms with van der Waals surface area (Å²) in [5, 5.41) is 0. The van der Waals surface area contributed by atoms with Crippen LogP contribution in [0.4, 0.5) is 0 Å². The Hall–Kier alpha value is -2.61. The number of hydrogen-bond acceptors (Lipinski definition) is 1. The first-order chi connectivity index (χ1) is 10.3. The van der Waals surface area contributed by atoms with Crippen molar-refractivity contribution < 1.29 is 0 Å². The normalized spacial score (nSPS) is 12.6. The van der Waals surface area contributed by atoms with Gasteiger partial charge < -0.3 is 4.57 Å². The van der Waals surface area contributed by atoms with Gasteiger partial charge in [0.2, 0.25) is 0 Å². The maximum atomic E-state index is 12.4. The van der Waals surface area contributed by atoms with Crippen molar-refractivity contribution in [3.05, 3.63) is 82.6 Å². The van der Waals surface area contributed by atoms with Crippen LogP contribution < -0.4 is 5.56 Å². The smallest absolute Gasteiger partial charge is 0.251 e. The van der Waals surface area contributed by atoms with Crippen LogP contribution in [0, 0.1) is 0 Å². The second-order valence-electron chi connectivity index (χ2n) is 5.39. The Kier molecular flexibility index (Phi) is 2.74. The molecule has 0 fully saturated rings. The van der Waals surface area contributed by atoms with Crippen LogP contribution in [0.2, 0.25) is 0 Å². The standard InChI is InChI=1S/C19H15NO/c21-19-13-16(14-6-2-1-3-7-14)12-18-17-9-5-4-8-15(17)10-11-20(18)19/h1-9,12-13H,10-11H2. The summed E-state index contributed by atoms with van der Waals surface area (Å²) in [6.45, 7) is 0.764. The number of aryl methyl sites for hydroxylation is 1. The Labute approximate surface area is 123 Å². The maximum Gasteiger partial charge on any atom is 0.251 e. The zero-order valence-electron chi connectivity index (χ0n) is 11.6. The van der Waals surface area contributed by atoms with Crippen LogP contribution in [0.1, 0.15) is 5.56 Å². The monoisotopic (exact) mass is 273 g/mol. The topological polar surface area (TPSA) is 22.0 Å². The van der Waals surface area contributed by atoms with Crippen LogP contribution in [0.25, 0.3) is 22.4 Å². The zero-order chi connectivity index (χ0) is 14.2. The van der Waals surface area contributed by atoms with Crippen LogP contribution >= 0.6 is 0 Å². The molecule has 0 radical (unpaired) electrons. The Balaban J connectivity index is 1.97. The van der Waals surface area contributed by atoms with E-state index in [0.29, 0.717) is 0 Å². The highest BCUT2D eigenvalue weighted by molar-refractivity contribution is 5.73. The molecule has 1 aromatic heterocycles. The fourth-order valence-corrected chi connectivity index (χ4v) is 3.07. The summed E-state index contributed by atoms with van der Waals surface area (Å²) in [4.78, 5) is 12.4. The predicted octanol–water partition coefficient (Wildman–Crippen LogP) is 3.74. The van der Waals surface area contributed by atoms with Crippen LogP contribution in [-0.2, 0) is 13.0 Å². The van der Waals surface area contributed by atoms with Crippen LogP contribution in [0.15, 0.2) is 71.5 Å². The summed E-state index contributed by atoms with van der Waals surface area (Å²) >= 11 is 0. The molecule has 4 rings (SSSR count).